The van der Waals surface area contributed by atoms with Gasteiger partial charge in [-0.3, -0.25) is 14.8 Å². The Hall–Kier alpha value is -3.20. The van der Waals surface area contributed by atoms with Gasteiger partial charge in [-0.25, -0.2) is 0 Å². The van der Waals surface area contributed by atoms with Gasteiger partial charge in [0, 0.05) is 18.0 Å². The molecule has 2 N–H and O–H groups in total. The second-order valence-corrected chi connectivity index (χ2v) is 5.26. The van der Waals surface area contributed by atoms with E-state index in [2.05, 4.69) is 16.0 Å². The Bertz CT molecular complexity index is 922. The molecule has 0 radical (unpaired) electrons. The predicted molar refractivity (Wildman–Crippen MR) is 83.6 cm³/mol. The highest BCUT2D eigenvalue weighted by Gasteiger charge is 2.33. The molecular weight excluding hydrogens is 292 g/mol. The van der Waals surface area contributed by atoms with Gasteiger partial charge < -0.3 is 10.5 Å². The van der Waals surface area contributed by atoms with Crippen molar-refractivity contribution in [2.45, 2.75) is 19.8 Å². The number of allylic oxidation sites excluding steroid dienone is 3. The minimum atomic E-state index is -0.558. The molecule has 0 aliphatic carbocycles. The minimum Gasteiger partial charge on any atom is -0.445 e. The smallest absolute Gasteiger partial charge is 0.205 e. The van der Waals surface area contributed by atoms with Crippen LogP contribution in [0.5, 0.6) is 0 Å². The third-order valence-electron chi connectivity index (χ3n) is 3.81. The van der Waals surface area contributed by atoms with Crippen molar-refractivity contribution in [2.24, 2.45) is 5.73 Å². The highest BCUT2D eigenvalue weighted by atomic mass is 16.5. The number of nitriles is 1. The molecule has 1 aliphatic heterocycles. The van der Waals surface area contributed by atoms with Crippen LogP contribution in [-0.2, 0) is 9.53 Å². The molecule has 3 rings (SSSR count). The number of hydrogen-bond acceptors (Lipinski definition) is 6. The molecule has 2 aromatic rings. The van der Waals surface area contributed by atoms with Crippen LogP contribution in [0.4, 0.5) is 0 Å². The van der Waals surface area contributed by atoms with Gasteiger partial charge in [-0.15, -0.1) is 0 Å². The number of aromatic nitrogens is 2. The van der Waals surface area contributed by atoms with Crippen molar-refractivity contribution in [2.75, 3.05) is 0 Å². The van der Waals surface area contributed by atoms with E-state index in [9.17, 15) is 10.1 Å². The first kappa shape index (κ1) is 14.7. The van der Waals surface area contributed by atoms with Crippen molar-refractivity contribution >= 4 is 16.8 Å². The van der Waals surface area contributed by atoms with Crippen LogP contribution in [0.25, 0.3) is 11.0 Å². The number of rotatable bonds is 2. The summed E-state index contributed by atoms with van der Waals surface area (Å²) >= 11 is 0. The summed E-state index contributed by atoms with van der Waals surface area (Å²) in [5.74, 6) is -0.276. The highest BCUT2D eigenvalue weighted by molar-refractivity contribution is 5.97. The summed E-state index contributed by atoms with van der Waals surface area (Å²) in [7, 11) is 0. The first-order valence-corrected chi connectivity index (χ1v) is 7.03. The number of Topliss-reactive ketones (excluding diaryl/α,β-unsaturated/α-hetero) is 1. The Balaban J connectivity index is 2.24. The Labute approximate surface area is 132 Å². The van der Waals surface area contributed by atoms with E-state index < -0.39 is 5.92 Å². The van der Waals surface area contributed by atoms with Crippen LogP contribution >= 0.6 is 0 Å². The summed E-state index contributed by atoms with van der Waals surface area (Å²) in [5.41, 5.74) is 8.68. The number of ether oxygens (including phenoxy) is 1. The average Bonchev–Trinajstić information content (AvgIpc) is 2.53. The molecule has 0 fully saturated rings. The zero-order valence-electron chi connectivity index (χ0n) is 12.7. The van der Waals surface area contributed by atoms with E-state index in [0.29, 0.717) is 16.8 Å². The van der Waals surface area contributed by atoms with Gasteiger partial charge >= 0.3 is 0 Å². The molecule has 0 amide bonds. The number of fused-ring (bicyclic) bond motifs is 1. The van der Waals surface area contributed by atoms with Crippen LogP contribution in [0.15, 0.2) is 53.4 Å². The standard InChI is InChI=1S/C17H14N4O2/c1-9(22)15-10(2)23-17(19)12(8-18)16(15)11-3-4-13-14(7-11)21-6-5-20-13/h3-7,16H,19H2,1-2H3. The van der Waals surface area contributed by atoms with Crippen LogP contribution < -0.4 is 5.73 Å². The topological polar surface area (TPSA) is 102 Å². The summed E-state index contributed by atoms with van der Waals surface area (Å²) < 4.78 is 5.37. The van der Waals surface area contributed by atoms with Crippen molar-refractivity contribution < 1.29 is 9.53 Å². The molecule has 6 heteroatoms. The van der Waals surface area contributed by atoms with Gasteiger partial charge in [0.05, 0.1) is 17.0 Å². The molecule has 1 unspecified atom stereocenters. The minimum absolute atomic E-state index is 0.0271. The number of nitrogens with zero attached hydrogens (tertiary/aromatic N) is 3. The van der Waals surface area contributed by atoms with Crippen LogP contribution in [0.1, 0.15) is 25.3 Å². The lowest BCUT2D eigenvalue weighted by atomic mass is 9.81. The summed E-state index contributed by atoms with van der Waals surface area (Å²) in [6, 6.07) is 7.52. The normalized spacial score (nSPS) is 17.9. The molecule has 0 saturated carbocycles. The van der Waals surface area contributed by atoms with Gasteiger partial charge in [0.2, 0.25) is 5.88 Å². The molecule has 1 aromatic carbocycles. The fraction of sp³-hybridized carbons (Fsp3) is 0.176. The summed E-state index contributed by atoms with van der Waals surface area (Å²) in [4.78, 5) is 20.6. The summed E-state index contributed by atoms with van der Waals surface area (Å²) in [6.07, 6.45) is 3.21. The SMILES string of the molecule is CC(=O)C1=C(C)OC(N)=C(C#N)C1c1ccc2nccnc2c1. The van der Waals surface area contributed by atoms with Gasteiger partial charge in [-0.05, 0) is 31.5 Å². The third kappa shape index (κ3) is 2.42. The molecule has 0 spiro atoms. The zero-order chi connectivity index (χ0) is 16.6. The Kier molecular flexibility index (Phi) is 3.54. The fourth-order valence-corrected chi connectivity index (χ4v) is 2.83. The second-order valence-electron chi connectivity index (χ2n) is 5.26. The lowest BCUT2D eigenvalue weighted by Gasteiger charge is -2.26. The molecule has 1 atom stereocenters. The molecule has 1 aliphatic rings. The number of hydrogen-bond donors (Lipinski definition) is 1. The molecular formula is C17H14N4O2. The summed E-state index contributed by atoms with van der Waals surface area (Å²) in [5, 5.41) is 9.46. The van der Waals surface area contributed by atoms with Gasteiger partial charge in [0.15, 0.2) is 5.78 Å². The van der Waals surface area contributed by atoms with Crippen LogP contribution in [0.2, 0.25) is 0 Å². The van der Waals surface area contributed by atoms with Crippen molar-refractivity contribution in [3.63, 3.8) is 0 Å². The highest BCUT2D eigenvalue weighted by Crippen LogP contribution is 2.39. The van der Waals surface area contributed by atoms with Crippen LogP contribution in [-0.4, -0.2) is 15.8 Å². The zero-order valence-corrected chi connectivity index (χ0v) is 12.7. The van der Waals surface area contributed by atoms with E-state index >= 15 is 0 Å². The van der Waals surface area contributed by atoms with E-state index in [0.717, 1.165) is 11.1 Å². The maximum atomic E-state index is 12.1. The molecule has 0 bridgehead atoms. The van der Waals surface area contributed by atoms with Gasteiger partial charge in [-0.1, -0.05) is 6.07 Å². The number of carbonyl (C=O) groups excluding carboxylic acids is 1. The Morgan fingerprint density at radius 2 is 2.00 bits per heavy atom. The van der Waals surface area contributed by atoms with Gasteiger partial charge in [0.1, 0.15) is 17.4 Å². The van der Waals surface area contributed by atoms with Crippen LogP contribution in [0, 0.1) is 11.3 Å². The second kappa shape index (κ2) is 5.54. The molecule has 6 nitrogen and oxygen atoms in total. The quantitative estimate of drug-likeness (QED) is 0.913. The largest absolute Gasteiger partial charge is 0.445 e. The van der Waals surface area contributed by atoms with Gasteiger partial charge in [-0.2, -0.15) is 5.26 Å². The number of benzene rings is 1. The van der Waals surface area contributed by atoms with E-state index in [1.807, 2.05) is 18.2 Å². The number of carbonyl (C=O) groups is 1. The molecule has 114 valence electrons. The monoisotopic (exact) mass is 306 g/mol. The van der Waals surface area contributed by atoms with Crippen molar-refractivity contribution in [1.29, 1.82) is 5.26 Å². The third-order valence-corrected chi connectivity index (χ3v) is 3.81. The van der Waals surface area contributed by atoms with Crippen molar-refractivity contribution in [3.05, 3.63) is 58.9 Å². The van der Waals surface area contributed by atoms with E-state index in [4.69, 9.17) is 10.5 Å². The Morgan fingerprint density at radius 3 is 2.65 bits per heavy atom. The first-order chi connectivity index (χ1) is 11.0. The predicted octanol–water partition coefficient (Wildman–Crippen LogP) is 2.30. The Morgan fingerprint density at radius 1 is 1.30 bits per heavy atom. The van der Waals surface area contributed by atoms with Crippen molar-refractivity contribution in [3.8, 4) is 6.07 Å². The number of nitrogens with two attached hydrogens (primary N) is 1. The van der Waals surface area contributed by atoms with E-state index in [1.54, 1.807) is 19.3 Å². The van der Waals surface area contributed by atoms with Gasteiger partial charge in [0.25, 0.3) is 0 Å². The van der Waals surface area contributed by atoms with Crippen molar-refractivity contribution in [1.82, 2.24) is 9.97 Å². The maximum absolute atomic E-state index is 12.1. The number of ketones is 1. The molecule has 0 saturated heterocycles. The summed E-state index contributed by atoms with van der Waals surface area (Å²) in [6.45, 7) is 3.12. The van der Waals surface area contributed by atoms with Crippen LogP contribution in [0.3, 0.4) is 0 Å². The molecule has 2 heterocycles. The fourth-order valence-electron chi connectivity index (χ4n) is 2.83. The lowest BCUT2D eigenvalue weighted by molar-refractivity contribution is -0.114. The maximum Gasteiger partial charge on any atom is 0.205 e. The molecule has 1 aromatic heterocycles. The molecule has 23 heavy (non-hydrogen) atoms. The lowest BCUT2D eigenvalue weighted by Crippen LogP contribution is -2.23. The first-order valence-electron chi connectivity index (χ1n) is 7.03. The van der Waals surface area contributed by atoms with E-state index in [1.165, 1.54) is 6.92 Å². The van der Waals surface area contributed by atoms with E-state index in [-0.39, 0.29) is 17.2 Å². The average molecular weight is 306 g/mol.